The molecular formula is C19H20N4O4S. The SMILES string of the molecule is COc1ccc(NC(=O)c2ccccc2NS(=O)(=O)c2c(C)n[nH]c2C)cc1. The quantitative estimate of drug-likeness (QED) is 0.588. The summed E-state index contributed by atoms with van der Waals surface area (Å²) in [7, 11) is -2.35. The molecule has 1 amide bonds. The highest BCUT2D eigenvalue weighted by Crippen LogP contribution is 2.24. The first kappa shape index (κ1) is 19.4. The van der Waals surface area contributed by atoms with Crippen LogP contribution >= 0.6 is 0 Å². The molecule has 0 unspecified atom stereocenters. The number of carbonyl (C=O) groups excluding carboxylic acids is 1. The molecule has 2 aromatic carbocycles. The molecule has 0 spiro atoms. The zero-order valence-electron chi connectivity index (χ0n) is 15.6. The van der Waals surface area contributed by atoms with Crippen molar-refractivity contribution in [3.8, 4) is 5.75 Å². The van der Waals surface area contributed by atoms with E-state index in [4.69, 9.17) is 4.74 Å². The molecule has 28 heavy (non-hydrogen) atoms. The number of aromatic amines is 1. The Morgan fingerprint density at radius 2 is 1.75 bits per heavy atom. The minimum absolute atomic E-state index is 0.0675. The standard InChI is InChI=1S/C19H20N4O4S/c1-12-18(13(2)22-21-12)28(25,26)23-17-7-5-4-6-16(17)19(24)20-14-8-10-15(27-3)11-9-14/h4-11,23H,1-3H3,(H,20,24)(H,21,22). The van der Waals surface area contributed by atoms with Gasteiger partial charge in [0.15, 0.2) is 0 Å². The Bertz CT molecular complexity index is 1090. The van der Waals surface area contributed by atoms with Gasteiger partial charge in [-0.2, -0.15) is 5.10 Å². The van der Waals surface area contributed by atoms with Crippen LogP contribution in [-0.2, 0) is 10.0 Å². The Labute approximate surface area is 163 Å². The fourth-order valence-electron chi connectivity index (χ4n) is 2.78. The van der Waals surface area contributed by atoms with Gasteiger partial charge in [0.1, 0.15) is 10.6 Å². The van der Waals surface area contributed by atoms with E-state index in [1.54, 1.807) is 63.4 Å². The normalized spacial score (nSPS) is 11.1. The van der Waals surface area contributed by atoms with E-state index in [9.17, 15) is 13.2 Å². The number of hydrogen-bond acceptors (Lipinski definition) is 5. The molecule has 0 bridgehead atoms. The van der Waals surface area contributed by atoms with Gasteiger partial charge in [0.2, 0.25) is 0 Å². The average Bonchev–Trinajstić information content (AvgIpc) is 3.01. The number of ether oxygens (including phenoxy) is 1. The number of rotatable bonds is 6. The Morgan fingerprint density at radius 3 is 2.36 bits per heavy atom. The number of nitrogens with one attached hydrogen (secondary N) is 3. The molecule has 3 rings (SSSR count). The first-order valence-electron chi connectivity index (χ1n) is 8.40. The number of amides is 1. The third-order valence-electron chi connectivity index (χ3n) is 4.09. The van der Waals surface area contributed by atoms with Crippen LogP contribution in [0.5, 0.6) is 5.75 Å². The molecule has 0 aliphatic carbocycles. The monoisotopic (exact) mass is 400 g/mol. The summed E-state index contributed by atoms with van der Waals surface area (Å²) < 4.78 is 33.2. The van der Waals surface area contributed by atoms with Crippen molar-refractivity contribution in [3.05, 3.63) is 65.5 Å². The van der Waals surface area contributed by atoms with E-state index in [0.717, 1.165) is 0 Å². The Hall–Kier alpha value is -3.33. The second-order valence-corrected chi connectivity index (χ2v) is 7.72. The molecule has 0 aliphatic rings. The first-order valence-corrected chi connectivity index (χ1v) is 9.89. The summed E-state index contributed by atoms with van der Waals surface area (Å²) >= 11 is 0. The van der Waals surface area contributed by atoms with Crippen LogP contribution in [0.15, 0.2) is 53.4 Å². The van der Waals surface area contributed by atoms with Crippen molar-refractivity contribution in [2.75, 3.05) is 17.1 Å². The molecule has 9 heteroatoms. The van der Waals surface area contributed by atoms with Gasteiger partial charge in [-0.3, -0.25) is 14.6 Å². The number of benzene rings is 2. The van der Waals surface area contributed by atoms with Crippen LogP contribution in [0.1, 0.15) is 21.7 Å². The maximum absolute atomic E-state index is 12.8. The predicted octanol–water partition coefficient (Wildman–Crippen LogP) is 3.09. The van der Waals surface area contributed by atoms with Crippen LogP contribution in [0.25, 0.3) is 0 Å². The molecule has 1 aromatic heterocycles. The number of methoxy groups -OCH3 is 1. The topological polar surface area (TPSA) is 113 Å². The van der Waals surface area contributed by atoms with Crippen LogP contribution in [-0.4, -0.2) is 31.6 Å². The molecule has 0 radical (unpaired) electrons. The molecule has 3 aromatic rings. The molecule has 146 valence electrons. The van der Waals surface area contributed by atoms with E-state index >= 15 is 0 Å². The lowest BCUT2D eigenvalue weighted by Gasteiger charge is -2.13. The minimum Gasteiger partial charge on any atom is -0.497 e. The van der Waals surface area contributed by atoms with E-state index in [1.807, 2.05) is 0 Å². The largest absolute Gasteiger partial charge is 0.497 e. The van der Waals surface area contributed by atoms with Gasteiger partial charge >= 0.3 is 0 Å². The number of hydrogen-bond donors (Lipinski definition) is 3. The van der Waals surface area contributed by atoms with Gasteiger partial charge in [-0.15, -0.1) is 0 Å². The Balaban J connectivity index is 1.87. The molecule has 0 aliphatic heterocycles. The lowest BCUT2D eigenvalue weighted by molar-refractivity contribution is 0.102. The van der Waals surface area contributed by atoms with Crippen LogP contribution in [0.4, 0.5) is 11.4 Å². The van der Waals surface area contributed by atoms with Crippen molar-refractivity contribution in [1.29, 1.82) is 0 Å². The van der Waals surface area contributed by atoms with Crippen molar-refractivity contribution >= 4 is 27.3 Å². The van der Waals surface area contributed by atoms with Gasteiger partial charge in [0, 0.05) is 5.69 Å². The number of H-pyrrole nitrogens is 1. The lowest BCUT2D eigenvalue weighted by atomic mass is 10.1. The van der Waals surface area contributed by atoms with E-state index < -0.39 is 15.9 Å². The van der Waals surface area contributed by atoms with Gasteiger partial charge in [-0.25, -0.2) is 8.42 Å². The summed E-state index contributed by atoms with van der Waals surface area (Å²) in [5, 5.41) is 9.31. The molecule has 3 N–H and O–H groups in total. The summed E-state index contributed by atoms with van der Waals surface area (Å²) in [6, 6.07) is 13.2. The molecule has 8 nitrogen and oxygen atoms in total. The number of para-hydroxylation sites is 1. The minimum atomic E-state index is -3.91. The van der Waals surface area contributed by atoms with Crippen molar-refractivity contribution < 1.29 is 17.9 Å². The number of aryl methyl sites for hydroxylation is 2. The van der Waals surface area contributed by atoms with E-state index in [-0.39, 0.29) is 16.1 Å². The Morgan fingerprint density at radius 1 is 1.07 bits per heavy atom. The van der Waals surface area contributed by atoms with Crippen LogP contribution in [0.3, 0.4) is 0 Å². The number of nitrogens with zero attached hydrogens (tertiary/aromatic N) is 1. The van der Waals surface area contributed by atoms with Crippen molar-refractivity contribution in [1.82, 2.24) is 10.2 Å². The molecule has 0 fully saturated rings. The first-order chi connectivity index (χ1) is 13.3. The van der Waals surface area contributed by atoms with Crippen molar-refractivity contribution in [2.45, 2.75) is 18.7 Å². The van der Waals surface area contributed by atoms with E-state index in [1.165, 1.54) is 6.07 Å². The molecule has 0 saturated heterocycles. The highest BCUT2D eigenvalue weighted by atomic mass is 32.2. The maximum Gasteiger partial charge on any atom is 0.265 e. The van der Waals surface area contributed by atoms with Gasteiger partial charge in [-0.1, -0.05) is 12.1 Å². The third kappa shape index (κ3) is 3.99. The Kier molecular flexibility index (Phi) is 5.36. The average molecular weight is 400 g/mol. The second kappa shape index (κ2) is 7.73. The highest BCUT2D eigenvalue weighted by Gasteiger charge is 2.24. The zero-order valence-corrected chi connectivity index (χ0v) is 16.4. The number of aromatic nitrogens is 2. The summed E-state index contributed by atoms with van der Waals surface area (Å²) in [5.74, 6) is 0.223. The summed E-state index contributed by atoms with van der Waals surface area (Å²) in [6.45, 7) is 3.22. The van der Waals surface area contributed by atoms with Gasteiger partial charge < -0.3 is 10.1 Å². The lowest BCUT2D eigenvalue weighted by Crippen LogP contribution is -2.19. The molecule has 0 atom stereocenters. The van der Waals surface area contributed by atoms with Crippen LogP contribution in [0.2, 0.25) is 0 Å². The van der Waals surface area contributed by atoms with Crippen molar-refractivity contribution in [3.63, 3.8) is 0 Å². The smallest absolute Gasteiger partial charge is 0.265 e. The number of sulfonamides is 1. The summed E-state index contributed by atoms with van der Waals surface area (Å²) in [4.78, 5) is 12.8. The van der Waals surface area contributed by atoms with E-state index in [2.05, 4.69) is 20.2 Å². The van der Waals surface area contributed by atoms with Crippen molar-refractivity contribution in [2.24, 2.45) is 0 Å². The highest BCUT2D eigenvalue weighted by molar-refractivity contribution is 7.92. The predicted molar refractivity (Wildman–Crippen MR) is 106 cm³/mol. The van der Waals surface area contributed by atoms with Gasteiger partial charge in [-0.05, 0) is 50.2 Å². The summed E-state index contributed by atoms with van der Waals surface area (Å²) in [6.07, 6.45) is 0. The summed E-state index contributed by atoms with van der Waals surface area (Å²) in [5.41, 5.74) is 1.70. The molecular weight excluding hydrogens is 380 g/mol. The van der Waals surface area contributed by atoms with E-state index in [0.29, 0.717) is 22.8 Å². The fraction of sp³-hybridized carbons (Fsp3) is 0.158. The molecule has 0 saturated carbocycles. The number of carbonyl (C=O) groups is 1. The van der Waals surface area contributed by atoms with Crippen LogP contribution in [0, 0.1) is 13.8 Å². The maximum atomic E-state index is 12.8. The van der Waals surface area contributed by atoms with Gasteiger partial charge in [0.25, 0.3) is 15.9 Å². The van der Waals surface area contributed by atoms with Gasteiger partial charge in [0.05, 0.1) is 29.7 Å². The fourth-order valence-corrected chi connectivity index (χ4v) is 4.23. The zero-order chi connectivity index (χ0) is 20.3. The second-order valence-electron chi connectivity index (χ2n) is 6.10. The third-order valence-corrected chi connectivity index (χ3v) is 5.72. The molecule has 1 heterocycles. The number of anilines is 2. The van der Waals surface area contributed by atoms with Crippen LogP contribution < -0.4 is 14.8 Å².